The summed E-state index contributed by atoms with van der Waals surface area (Å²) in [5.74, 6) is -0.438. The maximum Gasteiger partial charge on any atom is 0.300 e. The summed E-state index contributed by atoms with van der Waals surface area (Å²) in [7, 11) is 0. The third kappa shape index (κ3) is 1.90. The Morgan fingerprint density at radius 1 is 1.22 bits per heavy atom. The minimum atomic E-state index is -2.76. The molecule has 0 fully saturated rings. The van der Waals surface area contributed by atoms with E-state index in [1.165, 1.54) is 0 Å². The van der Waals surface area contributed by atoms with Gasteiger partial charge in [0, 0.05) is 9.86 Å². The second kappa shape index (κ2) is 4.16. The van der Waals surface area contributed by atoms with Crippen molar-refractivity contribution in [1.82, 2.24) is 10.1 Å². The summed E-state index contributed by atoms with van der Waals surface area (Å²) >= 11 is 3.31. The molecule has 0 aliphatic rings. The van der Waals surface area contributed by atoms with Crippen molar-refractivity contribution in [1.29, 1.82) is 0 Å². The van der Waals surface area contributed by atoms with E-state index in [0.29, 0.717) is 5.58 Å². The Balaban J connectivity index is 2.07. The monoisotopic (exact) mass is 314 g/mol. The molecule has 0 spiro atoms. The summed E-state index contributed by atoms with van der Waals surface area (Å²) in [5.41, 5.74) is 0.608. The lowest BCUT2D eigenvalue weighted by Gasteiger charge is -1.88. The summed E-state index contributed by atoms with van der Waals surface area (Å²) in [6.45, 7) is 0. The molecule has 0 saturated heterocycles. The molecule has 0 N–H and O–H groups in total. The first-order valence-corrected chi connectivity index (χ1v) is 5.74. The molecule has 0 aliphatic carbocycles. The number of alkyl halides is 2. The molecule has 3 rings (SSSR count). The van der Waals surface area contributed by atoms with Crippen molar-refractivity contribution in [2.75, 3.05) is 0 Å². The lowest BCUT2D eigenvalue weighted by molar-refractivity contribution is 0.136. The fourth-order valence-electron chi connectivity index (χ4n) is 1.53. The first kappa shape index (κ1) is 11.3. The fourth-order valence-corrected chi connectivity index (χ4v) is 1.87. The second-order valence-corrected chi connectivity index (χ2v) is 4.47. The van der Waals surface area contributed by atoms with Crippen molar-refractivity contribution in [2.24, 2.45) is 0 Å². The molecular weight excluding hydrogens is 310 g/mol. The van der Waals surface area contributed by atoms with Gasteiger partial charge in [0.05, 0.1) is 0 Å². The molecule has 0 atom stereocenters. The highest BCUT2D eigenvalue weighted by Crippen LogP contribution is 2.29. The minimum Gasteiger partial charge on any atom is -0.451 e. The molecule has 2 aromatic heterocycles. The van der Waals surface area contributed by atoms with E-state index < -0.39 is 12.2 Å². The molecule has 1 aromatic carbocycles. The number of hydrogen-bond donors (Lipinski definition) is 0. The van der Waals surface area contributed by atoms with Gasteiger partial charge in [-0.3, -0.25) is 0 Å². The highest BCUT2D eigenvalue weighted by atomic mass is 79.9. The quantitative estimate of drug-likeness (QED) is 0.712. The van der Waals surface area contributed by atoms with E-state index in [2.05, 4.69) is 26.1 Å². The maximum atomic E-state index is 12.3. The lowest BCUT2D eigenvalue weighted by Crippen LogP contribution is -1.85. The van der Waals surface area contributed by atoms with Gasteiger partial charge < -0.3 is 8.94 Å². The second-order valence-electron chi connectivity index (χ2n) is 3.55. The Kier molecular flexibility index (Phi) is 2.62. The zero-order chi connectivity index (χ0) is 12.7. The minimum absolute atomic E-state index is 0.0578. The van der Waals surface area contributed by atoms with E-state index in [0.717, 1.165) is 9.86 Å². The first-order chi connectivity index (χ1) is 8.63. The molecule has 0 bridgehead atoms. The highest BCUT2D eigenvalue weighted by molar-refractivity contribution is 9.10. The molecule has 7 heteroatoms. The van der Waals surface area contributed by atoms with Crippen LogP contribution in [0.3, 0.4) is 0 Å². The summed E-state index contributed by atoms with van der Waals surface area (Å²) in [6.07, 6.45) is -2.76. The predicted molar refractivity (Wildman–Crippen MR) is 62.2 cm³/mol. The average Bonchev–Trinajstić information content (AvgIpc) is 2.93. The summed E-state index contributed by atoms with van der Waals surface area (Å²) in [4.78, 5) is 3.56. The predicted octanol–water partition coefficient (Wildman–Crippen LogP) is 4.18. The zero-order valence-electron chi connectivity index (χ0n) is 8.73. The standard InChI is InChI=1S/C11H5BrF2N2O2/c12-6-2-1-5-3-8(17-7(5)4-6)11-15-10(9(13)14)16-18-11/h1-4,9H. The van der Waals surface area contributed by atoms with Crippen LogP contribution in [-0.2, 0) is 0 Å². The Labute approximate surface area is 108 Å². The van der Waals surface area contributed by atoms with Gasteiger partial charge in [0.1, 0.15) is 5.58 Å². The molecule has 3 aromatic rings. The van der Waals surface area contributed by atoms with Crippen molar-refractivity contribution in [3.05, 3.63) is 34.6 Å². The number of furan rings is 1. The van der Waals surface area contributed by atoms with Crippen molar-refractivity contribution < 1.29 is 17.7 Å². The van der Waals surface area contributed by atoms with Crippen LogP contribution in [0.25, 0.3) is 22.6 Å². The van der Waals surface area contributed by atoms with Gasteiger partial charge in [-0.2, -0.15) is 4.98 Å². The van der Waals surface area contributed by atoms with Crippen molar-refractivity contribution in [2.45, 2.75) is 6.43 Å². The van der Waals surface area contributed by atoms with Crippen LogP contribution in [0.4, 0.5) is 8.78 Å². The van der Waals surface area contributed by atoms with Crippen molar-refractivity contribution >= 4 is 26.9 Å². The van der Waals surface area contributed by atoms with Crippen molar-refractivity contribution in [3.8, 4) is 11.7 Å². The van der Waals surface area contributed by atoms with Crippen LogP contribution in [0, 0.1) is 0 Å². The number of benzene rings is 1. The average molecular weight is 315 g/mol. The van der Waals surface area contributed by atoms with Crippen LogP contribution >= 0.6 is 15.9 Å². The van der Waals surface area contributed by atoms with Crippen LogP contribution in [0.2, 0.25) is 0 Å². The number of fused-ring (bicyclic) bond motifs is 1. The van der Waals surface area contributed by atoms with E-state index in [1.807, 2.05) is 12.1 Å². The SMILES string of the molecule is FC(F)c1noc(-c2cc3ccc(Br)cc3o2)n1. The van der Waals surface area contributed by atoms with Gasteiger partial charge in [0.25, 0.3) is 5.89 Å². The Hall–Kier alpha value is -1.76. The number of aromatic nitrogens is 2. The van der Waals surface area contributed by atoms with Gasteiger partial charge in [-0.05, 0) is 24.3 Å². The highest BCUT2D eigenvalue weighted by Gasteiger charge is 2.19. The van der Waals surface area contributed by atoms with Crippen LogP contribution in [-0.4, -0.2) is 10.1 Å². The largest absolute Gasteiger partial charge is 0.451 e. The Morgan fingerprint density at radius 3 is 2.78 bits per heavy atom. The number of hydrogen-bond acceptors (Lipinski definition) is 4. The molecule has 4 nitrogen and oxygen atoms in total. The Morgan fingerprint density at radius 2 is 2.06 bits per heavy atom. The van der Waals surface area contributed by atoms with Gasteiger partial charge in [-0.15, -0.1) is 0 Å². The topological polar surface area (TPSA) is 52.1 Å². The van der Waals surface area contributed by atoms with Gasteiger partial charge in [0.15, 0.2) is 5.76 Å². The van der Waals surface area contributed by atoms with Crippen LogP contribution < -0.4 is 0 Å². The third-order valence-electron chi connectivity index (χ3n) is 2.33. The van der Waals surface area contributed by atoms with E-state index in [4.69, 9.17) is 8.94 Å². The molecule has 0 radical (unpaired) electrons. The van der Waals surface area contributed by atoms with Crippen LogP contribution in [0.5, 0.6) is 0 Å². The van der Waals surface area contributed by atoms with E-state index in [9.17, 15) is 8.78 Å². The van der Waals surface area contributed by atoms with Gasteiger partial charge >= 0.3 is 6.43 Å². The number of halogens is 3. The van der Waals surface area contributed by atoms with Crippen LogP contribution in [0.1, 0.15) is 12.2 Å². The van der Waals surface area contributed by atoms with E-state index >= 15 is 0 Å². The molecule has 2 heterocycles. The lowest BCUT2D eigenvalue weighted by atomic mass is 10.2. The molecular formula is C11H5BrF2N2O2. The maximum absolute atomic E-state index is 12.3. The first-order valence-electron chi connectivity index (χ1n) is 4.95. The molecule has 0 unspecified atom stereocenters. The summed E-state index contributed by atoms with van der Waals surface area (Å²) in [6, 6.07) is 7.10. The fraction of sp³-hybridized carbons (Fsp3) is 0.0909. The van der Waals surface area contributed by atoms with Gasteiger partial charge in [0.2, 0.25) is 5.82 Å². The smallest absolute Gasteiger partial charge is 0.300 e. The molecule has 0 saturated carbocycles. The van der Waals surface area contributed by atoms with E-state index in [1.54, 1.807) is 12.1 Å². The molecule has 18 heavy (non-hydrogen) atoms. The normalized spacial score (nSPS) is 11.6. The molecule has 0 aliphatic heterocycles. The summed E-state index contributed by atoms with van der Waals surface area (Å²) in [5, 5.41) is 4.00. The van der Waals surface area contributed by atoms with Crippen LogP contribution in [0.15, 0.2) is 37.7 Å². The Bertz CT molecular complexity index is 708. The van der Waals surface area contributed by atoms with E-state index in [-0.39, 0.29) is 11.7 Å². The third-order valence-corrected chi connectivity index (χ3v) is 2.82. The van der Waals surface area contributed by atoms with Gasteiger partial charge in [-0.1, -0.05) is 21.1 Å². The number of rotatable bonds is 2. The van der Waals surface area contributed by atoms with Gasteiger partial charge in [-0.25, -0.2) is 8.78 Å². The zero-order valence-corrected chi connectivity index (χ0v) is 10.3. The molecule has 92 valence electrons. The summed E-state index contributed by atoms with van der Waals surface area (Å²) < 4.78 is 35.7. The molecule has 0 amide bonds. The van der Waals surface area contributed by atoms with Crippen molar-refractivity contribution in [3.63, 3.8) is 0 Å². The number of nitrogens with zero attached hydrogens (tertiary/aromatic N) is 2.